The van der Waals surface area contributed by atoms with Crippen LogP contribution in [-0.2, 0) is 20.9 Å². The number of likely N-dealkylation sites (N-methyl/N-ethyl adjacent to an activating group) is 1. The van der Waals surface area contributed by atoms with Crippen LogP contribution in [0.25, 0.3) is 11.1 Å². The van der Waals surface area contributed by atoms with Crippen molar-refractivity contribution in [3.63, 3.8) is 0 Å². The van der Waals surface area contributed by atoms with E-state index in [1.54, 1.807) is 0 Å². The number of aliphatic carboxylic acids is 1. The van der Waals surface area contributed by atoms with Crippen LogP contribution < -0.4 is 10.6 Å². The number of nitrogens with one attached hydrogen (secondary N) is 2. The van der Waals surface area contributed by atoms with Gasteiger partial charge in [0.25, 0.3) is 0 Å². The van der Waals surface area contributed by atoms with Crippen molar-refractivity contribution in [2.45, 2.75) is 50.2 Å². The molecular formula is C33H37N3O5. The molecule has 3 aromatic rings. The second kappa shape index (κ2) is 13.0. The van der Waals surface area contributed by atoms with Crippen molar-refractivity contribution in [1.29, 1.82) is 0 Å². The van der Waals surface area contributed by atoms with Gasteiger partial charge in [-0.1, -0.05) is 91.7 Å². The van der Waals surface area contributed by atoms with Crippen LogP contribution in [0.15, 0.2) is 78.9 Å². The maximum absolute atomic E-state index is 13.5. The maximum atomic E-state index is 13.5. The van der Waals surface area contributed by atoms with Crippen LogP contribution in [0.1, 0.15) is 48.3 Å². The molecule has 8 heteroatoms. The number of carboxylic acids is 1. The molecule has 0 bridgehead atoms. The first-order valence-electron chi connectivity index (χ1n) is 14.3. The zero-order chi connectivity index (χ0) is 28.8. The highest BCUT2D eigenvalue weighted by molar-refractivity contribution is 5.87. The molecule has 1 unspecified atom stereocenters. The van der Waals surface area contributed by atoms with E-state index in [0.29, 0.717) is 19.4 Å². The molecule has 5 rings (SSSR count). The molecule has 0 aliphatic heterocycles. The molecule has 2 aliphatic carbocycles. The summed E-state index contributed by atoms with van der Waals surface area (Å²) in [4.78, 5) is 40.4. The van der Waals surface area contributed by atoms with E-state index >= 15 is 0 Å². The Morgan fingerprint density at radius 1 is 0.902 bits per heavy atom. The molecule has 0 radical (unpaired) electrons. The number of nitrogens with zero attached hydrogens (tertiary/aromatic N) is 1. The summed E-state index contributed by atoms with van der Waals surface area (Å²) in [5.74, 6) is -2.04. The van der Waals surface area contributed by atoms with Gasteiger partial charge in [-0.25, -0.2) is 4.79 Å². The summed E-state index contributed by atoms with van der Waals surface area (Å²) in [6, 6.07) is 24.7. The first kappa shape index (κ1) is 28.4. The quantitative estimate of drug-likeness (QED) is 0.332. The summed E-state index contributed by atoms with van der Waals surface area (Å²) in [5.41, 5.74) is 5.56. The molecule has 0 aromatic heterocycles. The van der Waals surface area contributed by atoms with E-state index in [-0.39, 0.29) is 19.1 Å². The van der Waals surface area contributed by atoms with Crippen LogP contribution in [0, 0.1) is 5.92 Å². The Kier molecular flexibility index (Phi) is 8.99. The maximum Gasteiger partial charge on any atom is 0.407 e. The fourth-order valence-electron chi connectivity index (χ4n) is 6.13. The molecule has 0 saturated heterocycles. The van der Waals surface area contributed by atoms with Crippen molar-refractivity contribution in [2.24, 2.45) is 5.92 Å². The Morgan fingerprint density at radius 3 is 2.17 bits per heavy atom. The average Bonchev–Trinajstić information content (AvgIpc) is 3.30. The number of hydrogen-bond acceptors (Lipinski definition) is 5. The van der Waals surface area contributed by atoms with Gasteiger partial charge in [0, 0.05) is 25.0 Å². The number of carboxylic acid groups (broad SMARTS) is 1. The summed E-state index contributed by atoms with van der Waals surface area (Å²) in [7, 11) is 1.88. The van der Waals surface area contributed by atoms with Gasteiger partial charge in [0.15, 0.2) is 0 Å². The van der Waals surface area contributed by atoms with E-state index in [1.165, 1.54) is 0 Å². The molecule has 1 saturated carbocycles. The second-order valence-electron chi connectivity index (χ2n) is 11.0. The third kappa shape index (κ3) is 6.77. The highest BCUT2D eigenvalue weighted by atomic mass is 16.5. The number of carbonyl (C=O) groups excluding carboxylic acids is 2. The van der Waals surface area contributed by atoms with Gasteiger partial charge in [0.2, 0.25) is 5.91 Å². The number of alkyl carbamates (subject to hydrolysis) is 1. The fourth-order valence-corrected chi connectivity index (χ4v) is 6.13. The standard InChI is InChI=1S/C33H37N3O5/c1-36(19-22-11-3-2-4-12-22)20-30(31(37)34-29-18-10-9-17-27(29)32(38)39)35-33(40)41-21-28-25-15-7-5-13-23(25)24-14-6-8-16-26(24)28/h2-8,11-16,27-30H,9-10,17-21H2,1H3,(H,34,37)(H,35,40)(H,38,39)/t27-,29+,30?/m0/s1. The summed E-state index contributed by atoms with van der Waals surface area (Å²) in [6.07, 6.45) is 2.12. The lowest BCUT2D eigenvalue weighted by molar-refractivity contribution is -0.144. The normalized spacial score (nSPS) is 18.7. The smallest absolute Gasteiger partial charge is 0.407 e. The van der Waals surface area contributed by atoms with Gasteiger partial charge in [-0.3, -0.25) is 14.5 Å². The molecule has 0 spiro atoms. The van der Waals surface area contributed by atoms with E-state index in [2.05, 4.69) is 34.9 Å². The molecular weight excluding hydrogens is 518 g/mol. The van der Waals surface area contributed by atoms with Gasteiger partial charge >= 0.3 is 12.1 Å². The summed E-state index contributed by atoms with van der Waals surface area (Å²) >= 11 is 0. The summed E-state index contributed by atoms with van der Waals surface area (Å²) < 4.78 is 5.73. The van der Waals surface area contributed by atoms with Gasteiger partial charge in [-0.05, 0) is 47.7 Å². The summed E-state index contributed by atoms with van der Waals surface area (Å²) in [5, 5.41) is 15.4. The Morgan fingerprint density at radius 2 is 1.51 bits per heavy atom. The molecule has 0 heterocycles. The minimum Gasteiger partial charge on any atom is -0.481 e. The average molecular weight is 556 g/mol. The molecule has 214 valence electrons. The lowest BCUT2D eigenvalue weighted by Crippen LogP contribution is -2.56. The van der Waals surface area contributed by atoms with E-state index in [4.69, 9.17) is 4.74 Å². The van der Waals surface area contributed by atoms with Gasteiger partial charge < -0.3 is 20.5 Å². The predicted octanol–water partition coefficient (Wildman–Crippen LogP) is 4.79. The molecule has 1 fully saturated rings. The topological polar surface area (TPSA) is 108 Å². The number of rotatable bonds is 10. The SMILES string of the molecule is CN(Cc1ccccc1)CC(NC(=O)OCC1c2ccccc2-c2ccccc21)C(=O)N[C@@H]1CCCC[C@@H]1C(=O)O. The Labute approximate surface area is 240 Å². The number of ether oxygens (including phenoxy) is 1. The summed E-state index contributed by atoms with van der Waals surface area (Å²) in [6.45, 7) is 0.950. The minimum absolute atomic E-state index is 0.0975. The van der Waals surface area contributed by atoms with Gasteiger partial charge in [-0.15, -0.1) is 0 Å². The third-order valence-electron chi connectivity index (χ3n) is 8.15. The zero-order valence-electron chi connectivity index (χ0n) is 23.3. The number of amides is 2. The van der Waals surface area contributed by atoms with Gasteiger partial charge in [0.1, 0.15) is 12.6 Å². The highest BCUT2D eigenvalue weighted by Gasteiger charge is 2.35. The Balaban J connectivity index is 1.27. The van der Waals surface area contributed by atoms with Crippen LogP contribution in [0.3, 0.4) is 0 Å². The van der Waals surface area contributed by atoms with Crippen LogP contribution >= 0.6 is 0 Å². The van der Waals surface area contributed by atoms with Crippen molar-refractivity contribution in [3.8, 4) is 11.1 Å². The van der Waals surface area contributed by atoms with Crippen LogP contribution in [-0.4, -0.2) is 60.3 Å². The molecule has 41 heavy (non-hydrogen) atoms. The molecule has 3 aromatic carbocycles. The number of hydrogen-bond donors (Lipinski definition) is 3. The monoisotopic (exact) mass is 555 g/mol. The first-order chi connectivity index (χ1) is 19.9. The molecule has 2 amide bonds. The Hall–Kier alpha value is -4.17. The number of fused-ring (bicyclic) bond motifs is 3. The predicted molar refractivity (Wildman–Crippen MR) is 156 cm³/mol. The van der Waals surface area contributed by atoms with Crippen LogP contribution in [0.4, 0.5) is 4.79 Å². The van der Waals surface area contributed by atoms with Crippen molar-refractivity contribution in [2.75, 3.05) is 20.2 Å². The Bertz CT molecular complexity index is 1330. The number of carbonyl (C=O) groups is 3. The van der Waals surface area contributed by atoms with Crippen molar-refractivity contribution >= 4 is 18.0 Å². The largest absolute Gasteiger partial charge is 0.481 e. The molecule has 8 nitrogen and oxygen atoms in total. The van der Waals surface area contributed by atoms with Crippen molar-refractivity contribution in [3.05, 3.63) is 95.6 Å². The number of benzene rings is 3. The lowest BCUT2D eigenvalue weighted by atomic mass is 9.84. The van der Waals surface area contributed by atoms with E-state index in [0.717, 1.165) is 40.7 Å². The zero-order valence-corrected chi connectivity index (χ0v) is 23.3. The molecule has 3 atom stereocenters. The van der Waals surface area contributed by atoms with E-state index < -0.39 is 36.0 Å². The van der Waals surface area contributed by atoms with Gasteiger partial charge in [-0.2, -0.15) is 0 Å². The van der Waals surface area contributed by atoms with Gasteiger partial charge in [0.05, 0.1) is 5.92 Å². The van der Waals surface area contributed by atoms with Crippen LogP contribution in [0.2, 0.25) is 0 Å². The van der Waals surface area contributed by atoms with E-state index in [1.807, 2.05) is 66.5 Å². The highest BCUT2D eigenvalue weighted by Crippen LogP contribution is 2.44. The molecule has 3 N–H and O–H groups in total. The lowest BCUT2D eigenvalue weighted by Gasteiger charge is -2.31. The first-order valence-corrected chi connectivity index (χ1v) is 14.3. The minimum atomic E-state index is -0.921. The van der Waals surface area contributed by atoms with Crippen molar-refractivity contribution < 1.29 is 24.2 Å². The molecule has 2 aliphatic rings. The third-order valence-corrected chi connectivity index (χ3v) is 8.15. The van der Waals surface area contributed by atoms with E-state index in [9.17, 15) is 19.5 Å². The fraction of sp³-hybridized carbons (Fsp3) is 0.364. The second-order valence-corrected chi connectivity index (χ2v) is 11.0. The van der Waals surface area contributed by atoms with Crippen molar-refractivity contribution in [1.82, 2.24) is 15.5 Å². The van der Waals surface area contributed by atoms with Crippen LogP contribution in [0.5, 0.6) is 0 Å².